The van der Waals surface area contributed by atoms with E-state index in [9.17, 15) is 0 Å². The molecule has 0 atom stereocenters. The van der Waals surface area contributed by atoms with Crippen LogP contribution in [-0.4, -0.2) is 21.4 Å². The second-order valence-electron chi connectivity index (χ2n) is 8.57. The van der Waals surface area contributed by atoms with E-state index in [2.05, 4.69) is 42.2 Å². The quantitative estimate of drug-likeness (QED) is 0.203. The number of aryl methyl sites for hydroxylation is 1. The highest BCUT2D eigenvalue weighted by Crippen LogP contribution is 2.41. The number of unbranched alkanes of at least 4 members (excludes halogenated alkanes) is 1. The van der Waals surface area contributed by atoms with Crippen molar-refractivity contribution in [3.63, 3.8) is 0 Å². The number of benzene rings is 3. The van der Waals surface area contributed by atoms with Crippen LogP contribution in [0, 0.1) is 11.3 Å². The molecule has 0 amide bonds. The fourth-order valence-corrected chi connectivity index (χ4v) is 4.46. The largest absolute Gasteiger partial charge is 0.493 e. The second kappa shape index (κ2) is 10.3. The van der Waals surface area contributed by atoms with Crippen molar-refractivity contribution in [2.75, 3.05) is 12.3 Å². The Balaban J connectivity index is 1.71. The first-order chi connectivity index (χ1) is 17.7. The molecule has 0 radical (unpaired) electrons. The first-order valence-corrected chi connectivity index (χ1v) is 12.1. The summed E-state index contributed by atoms with van der Waals surface area (Å²) >= 11 is 0. The Hall–Kier alpha value is -4.63. The van der Waals surface area contributed by atoms with E-state index in [1.165, 1.54) is 0 Å². The number of pyridine rings is 1. The van der Waals surface area contributed by atoms with Crippen molar-refractivity contribution < 1.29 is 4.74 Å². The van der Waals surface area contributed by atoms with Crippen LogP contribution >= 0.6 is 0 Å². The number of aromatic nitrogens is 3. The van der Waals surface area contributed by atoms with Crippen LogP contribution in [0.5, 0.6) is 5.75 Å². The highest BCUT2D eigenvalue weighted by atomic mass is 16.5. The molecule has 2 aromatic heterocycles. The Morgan fingerprint density at radius 2 is 1.92 bits per heavy atom. The Morgan fingerprint density at radius 1 is 1.03 bits per heavy atom. The van der Waals surface area contributed by atoms with E-state index in [1.54, 1.807) is 6.20 Å². The maximum atomic E-state index is 8.93. The predicted octanol–water partition coefficient (Wildman–Crippen LogP) is 6.58. The molecule has 36 heavy (non-hydrogen) atoms. The van der Waals surface area contributed by atoms with E-state index in [4.69, 9.17) is 20.8 Å². The summed E-state index contributed by atoms with van der Waals surface area (Å²) in [6, 6.07) is 26.5. The number of rotatable bonds is 8. The maximum absolute atomic E-state index is 8.93. The maximum Gasteiger partial charge on any atom is 0.127 e. The SMILES string of the molecule is CCc1cc(-c2cccnc2)nn1-c1ccc(N)cc1-c1c(OCCCC#N)ccc2ccccc12. The minimum atomic E-state index is 0.455. The van der Waals surface area contributed by atoms with Gasteiger partial charge in [0, 0.05) is 46.9 Å². The lowest BCUT2D eigenvalue weighted by atomic mass is 9.95. The Labute approximate surface area is 210 Å². The third kappa shape index (κ3) is 4.51. The number of nitriles is 1. The van der Waals surface area contributed by atoms with E-state index >= 15 is 0 Å². The number of hydrogen-bond donors (Lipinski definition) is 1. The van der Waals surface area contributed by atoms with Crippen molar-refractivity contribution >= 4 is 16.5 Å². The van der Waals surface area contributed by atoms with Crippen LogP contribution in [0.1, 0.15) is 25.5 Å². The van der Waals surface area contributed by atoms with Crippen molar-refractivity contribution in [1.82, 2.24) is 14.8 Å². The van der Waals surface area contributed by atoms with Gasteiger partial charge in [0.05, 0.1) is 24.1 Å². The zero-order chi connectivity index (χ0) is 24.9. The molecule has 2 heterocycles. The number of nitrogen functional groups attached to an aromatic ring is 1. The van der Waals surface area contributed by atoms with Gasteiger partial charge >= 0.3 is 0 Å². The molecule has 0 unspecified atom stereocenters. The second-order valence-corrected chi connectivity index (χ2v) is 8.57. The molecular formula is C30H27N5O. The Bertz CT molecular complexity index is 1550. The summed E-state index contributed by atoms with van der Waals surface area (Å²) < 4.78 is 8.23. The van der Waals surface area contributed by atoms with E-state index < -0.39 is 0 Å². The molecule has 0 aliphatic rings. The lowest BCUT2D eigenvalue weighted by Gasteiger charge is -2.19. The summed E-state index contributed by atoms with van der Waals surface area (Å²) in [5, 5.41) is 16.1. The predicted molar refractivity (Wildman–Crippen MR) is 144 cm³/mol. The number of fused-ring (bicyclic) bond motifs is 1. The van der Waals surface area contributed by atoms with Crippen molar-refractivity contribution in [3.05, 3.63) is 90.9 Å². The molecule has 0 fully saturated rings. The van der Waals surface area contributed by atoms with Crippen LogP contribution in [0.4, 0.5) is 5.69 Å². The molecule has 0 saturated carbocycles. The fourth-order valence-electron chi connectivity index (χ4n) is 4.46. The van der Waals surface area contributed by atoms with Crippen molar-refractivity contribution in [2.24, 2.45) is 0 Å². The van der Waals surface area contributed by atoms with Gasteiger partial charge in [0.15, 0.2) is 0 Å². The molecule has 6 heteroatoms. The van der Waals surface area contributed by atoms with Crippen LogP contribution in [0.3, 0.4) is 0 Å². The van der Waals surface area contributed by atoms with Crippen molar-refractivity contribution in [2.45, 2.75) is 26.2 Å². The number of anilines is 1. The van der Waals surface area contributed by atoms with Gasteiger partial charge in [-0.15, -0.1) is 0 Å². The van der Waals surface area contributed by atoms with E-state index in [-0.39, 0.29) is 0 Å². The molecule has 2 N–H and O–H groups in total. The number of nitrogens with two attached hydrogens (primary N) is 1. The van der Waals surface area contributed by atoms with Gasteiger partial charge in [-0.05, 0) is 66.1 Å². The zero-order valence-electron chi connectivity index (χ0n) is 20.2. The Morgan fingerprint density at radius 3 is 2.72 bits per heavy atom. The van der Waals surface area contributed by atoms with Crippen LogP contribution in [-0.2, 0) is 6.42 Å². The monoisotopic (exact) mass is 473 g/mol. The summed E-state index contributed by atoms with van der Waals surface area (Å²) in [5.41, 5.74) is 12.7. The summed E-state index contributed by atoms with van der Waals surface area (Å²) in [5.74, 6) is 0.760. The first kappa shape index (κ1) is 23.1. The summed E-state index contributed by atoms with van der Waals surface area (Å²) in [6.07, 6.45) is 5.52. The molecule has 0 spiro atoms. The number of hydrogen-bond acceptors (Lipinski definition) is 5. The van der Waals surface area contributed by atoms with Crippen LogP contribution in [0.15, 0.2) is 85.2 Å². The highest BCUT2D eigenvalue weighted by Gasteiger charge is 2.19. The molecule has 178 valence electrons. The van der Waals surface area contributed by atoms with Crippen LogP contribution < -0.4 is 10.5 Å². The minimum absolute atomic E-state index is 0.455. The van der Waals surface area contributed by atoms with Gasteiger partial charge < -0.3 is 10.5 Å². The normalized spacial score (nSPS) is 10.9. The summed E-state index contributed by atoms with van der Waals surface area (Å²) in [7, 11) is 0. The van der Waals surface area contributed by atoms with Gasteiger partial charge in [-0.3, -0.25) is 4.98 Å². The summed E-state index contributed by atoms with van der Waals surface area (Å²) in [4.78, 5) is 4.26. The van der Waals surface area contributed by atoms with Gasteiger partial charge in [-0.1, -0.05) is 37.3 Å². The average molecular weight is 474 g/mol. The van der Waals surface area contributed by atoms with Gasteiger partial charge in [0.1, 0.15) is 5.75 Å². The molecule has 0 saturated heterocycles. The standard InChI is InChI=1S/C30H27N5O/c1-2-24-19-27(22-9-7-16-33-20-22)34-35(24)28-13-12-23(32)18-26(28)30-25-10-4-3-8-21(25)11-14-29(30)36-17-6-5-15-31/h3-4,7-14,16,18-20H,2,5-6,17,32H2,1H3. The minimum Gasteiger partial charge on any atom is -0.493 e. The smallest absolute Gasteiger partial charge is 0.127 e. The molecule has 6 nitrogen and oxygen atoms in total. The van der Waals surface area contributed by atoms with E-state index in [0.717, 1.165) is 56.7 Å². The highest BCUT2D eigenvalue weighted by molar-refractivity contribution is 6.02. The molecule has 0 aliphatic heterocycles. The number of ether oxygens (including phenoxy) is 1. The first-order valence-electron chi connectivity index (χ1n) is 12.1. The lowest BCUT2D eigenvalue weighted by molar-refractivity contribution is 0.314. The molecule has 5 aromatic rings. The zero-order valence-corrected chi connectivity index (χ0v) is 20.2. The average Bonchev–Trinajstić information content (AvgIpc) is 3.35. The van der Waals surface area contributed by atoms with Gasteiger partial charge in [-0.25, -0.2) is 4.68 Å². The van der Waals surface area contributed by atoms with Gasteiger partial charge in [0.25, 0.3) is 0 Å². The molecular weight excluding hydrogens is 446 g/mol. The van der Waals surface area contributed by atoms with Crippen LogP contribution in [0.2, 0.25) is 0 Å². The van der Waals surface area contributed by atoms with Crippen LogP contribution in [0.25, 0.3) is 38.8 Å². The fraction of sp³-hybridized carbons (Fsp3) is 0.167. The van der Waals surface area contributed by atoms with E-state index in [0.29, 0.717) is 25.1 Å². The lowest BCUT2D eigenvalue weighted by Crippen LogP contribution is -2.06. The third-order valence-electron chi connectivity index (χ3n) is 6.20. The molecule has 5 rings (SSSR count). The van der Waals surface area contributed by atoms with Gasteiger partial charge in [0.2, 0.25) is 0 Å². The topological polar surface area (TPSA) is 89.8 Å². The molecule has 0 bridgehead atoms. The Kier molecular flexibility index (Phi) is 6.63. The molecule has 0 aliphatic carbocycles. The van der Waals surface area contributed by atoms with Crippen molar-refractivity contribution in [3.8, 4) is 39.9 Å². The van der Waals surface area contributed by atoms with E-state index in [1.807, 2.05) is 59.4 Å². The molecule has 3 aromatic carbocycles. The number of nitrogens with zero attached hydrogens (tertiary/aromatic N) is 4. The third-order valence-corrected chi connectivity index (χ3v) is 6.20. The summed E-state index contributed by atoms with van der Waals surface area (Å²) in [6.45, 7) is 2.59. The van der Waals surface area contributed by atoms with Gasteiger partial charge in [-0.2, -0.15) is 10.4 Å². The van der Waals surface area contributed by atoms with Crippen molar-refractivity contribution in [1.29, 1.82) is 5.26 Å².